The van der Waals surface area contributed by atoms with Crippen LogP contribution < -0.4 is 11.3 Å². The summed E-state index contributed by atoms with van der Waals surface area (Å²) >= 11 is 0. The highest BCUT2D eigenvalue weighted by Gasteiger charge is 2.06. The third kappa shape index (κ3) is 3.90. The Hall–Kier alpha value is -1.55. The molecule has 0 heterocycles. The molecule has 88 valence electrons. The molecular formula is C12H20N4. The Balaban J connectivity index is 2.77. The molecular weight excluding hydrogens is 200 g/mol. The summed E-state index contributed by atoms with van der Waals surface area (Å²) in [5.74, 6) is 6.72. The molecule has 0 atom stereocenters. The van der Waals surface area contributed by atoms with E-state index in [2.05, 4.69) is 24.3 Å². The molecule has 4 nitrogen and oxygen atoms in total. The van der Waals surface area contributed by atoms with Crippen LogP contribution in [-0.2, 0) is 0 Å². The van der Waals surface area contributed by atoms with Gasteiger partial charge in [-0.3, -0.25) is 5.43 Å². The van der Waals surface area contributed by atoms with Crippen LogP contribution >= 0.6 is 0 Å². The van der Waals surface area contributed by atoms with Gasteiger partial charge in [-0.2, -0.15) is 0 Å². The molecule has 1 aromatic rings. The van der Waals surface area contributed by atoms with Gasteiger partial charge in [0.25, 0.3) is 0 Å². The molecule has 0 spiro atoms. The van der Waals surface area contributed by atoms with Crippen LogP contribution in [0.15, 0.2) is 35.3 Å². The van der Waals surface area contributed by atoms with E-state index in [0.29, 0.717) is 11.9 Å². The Morgan fingerprint density at radius 3 is 2.50 bits per heavy atom. The van der Waals surface area contributed by atoms with Crippen molar-refractivity contribution < 1.29 is 0 Å². The van der Waals surface area contributed by atoms with Gasteiger partial charge in [-0.1, -0.05) is 32.0 Å². The fourth-order valence-electron chi connectivity index (χ4n) is 1.49. The van der Waals surface area contributed by atoms with Crippen LogP contribution in [0.2, 0.25) is 0 Å². The number of hydrazine groups is 1. The number of nitrogens with one attached hydrogen (secondary N) is 1. The molecule has 0 aliphatic carbocycles. The van der Waals surface area contributed by atoms with Gasteiger partial charge in [0.15, 0.2) is 0 Å². The minimum atomic E-state index is 0.569. The summed E-state index contributed by atoms with van der Waals surface area (Å²) in [6.45, 7) is 5.23. The van der Waals surface area contributed by atoms with E-state index in [9.17, 15) is 0 Å². The zero-order valence-corrected chi connectivity index (χ0v) is 10.1. The minimum absolute atomic E-state index is 0.569. The molecule has 0 bridgehead atoms. The van der Waals surface area contributed by atoms with Crippen molar-refractivity contribution in [2.45, 2.75) is 13.8 Å². The van der Waals surface area contributed by atoms with E-state index in [1.807, 2.05) is 42.3 Å². The molecule has 0 aliphatic heterocycles. The van der Waals surface area contributed by atoms with Crippen molar-refractivity contribution in [1.82, 2.24) is 10.3 Å². The van der Waals surface area contributed by atoms with Crippen molar-refractivity contribution in [1.29, 1.82) is 0 Å². The summed E-state index contributed by atoms with van der Waals surface area (Å²) < 4.78 is 0. The van der Waals surface area contributed by atoms with E-state index in [-0.39, 0.29) is 0 Å². The van der Waals surface area contributed by atoms with Crippen LogP contribution in [0.4, 0.5) is 5.69 Å². The average molecular weight is 220 g/mol. The van der Waals surface area contributed by atoms with Crippen LogP contribution in [0.5, 0.6) is 0 Å². The molecule has 1 aromatic carbocycles. The smallest absolute Gasteiger partial charge is 0.213 e. The molecule has 0 saturated carbocycles. The monoisotopic (exact) mass is 220 g/mol. The quantitative estimate of drug-likeness (QED) is 0.353. The van der Waals surface area contributed by atoms with E-state index >= 15 is 0 Å². The van der Waals surface area contributed by atoms with E-state index in [0.717, 1.165) is 12.2 Å². The number of para-hydroxylation sites is 1. The van der Waals surface area contributed by atoms with Gasteiger partial charge in [0.05, 0.1) is 5.69 Å². The van der Waals surface area contributed by atoms with Gasteiger partial charge in [0.2, 0.25) is 5.96 Å². The second kappa shape index (κ2) is 6.12. The molecule has 0 amide bonds. The van der Waals surface area contributed by atoms with Crippen molar-refractivity contribution in [3.63, 3.8) is 0 Å². The van der Waals surface area contributed by atoms with E-state index in [1.165, 1.54) is 0 Å². The third-order valence-electron chi connectivity index (χ3n) is 2.12. The lowest BCUT2D eigenvalue weighted by Crippen LogP contribution is -2.43. The topological polar surface area (TPSA) is 53.6 Å². The van der Waals surface area contributed by atoms with Gasteiger partial charge in [0, 0.05) is 13.6 Å². The standard InChI is InChI=1S/C12H20N4/c1-10(2)9-16(3)12(15-13)14-11-7-5-4-6-8-11/h4-8,10H,9,13H2,1-3H3,(H,14,15). The average Bonchev–Trinajstić information content (AvgIpc) is 2.26. The lowest BCUT2D eigenvalue weighted by atomic mass is 10.2. The van der Waals surface area contributed by atoms with E-state index in [4.69, 9.17) is 5.84 Å². The van der Waals surface area contributed by atoms with Crippen molar-refractivity contribution in [3.8, 4) is 0 Å². The maximum Gasteiger partial charge on any atom is 0.213 e. The Morgan fingerprint density at radius 2 is 2.00 bits per heavy atom. The van der Waals surface area contributed by atoms with Crippen molar-refractivity contribution in [2.24, 2.45) is 16.8 Å². The number of nitrogens with two attached hydrogens (primary N) is 1. The number of benzene rings is 1. The molecule has 3 N–H and O–H groups in total. The van der Waals surface area contributed by atoms with Crippen LogP contribution in [-0.4, -0.2) is 24.5 Å². The molecule has 0 aliphatic rings. The second-order valence-corrected chi connectivity index (χ2v) is 4.19. The van der Waals surface area contributed by atoms with Gasteiger partial charge in [0.1, 0.15) is 0 Å². The fourth-order valence-corrected chi connectivity index (χ4v) is 1.49. The van der Waals surface area contributed by atoms with Crippen LogP contribution in [0.1, 0.15) is 13.8 Å². The van der Waals surface area contributed by atoms with Gasteiger partial charge in [-0.15, -0.1) is 0 Å². The van der Waals surface area contributed by atoms with Crippen LogP contribution in [0.25, 0.3) is 0 Å². The number of aliphatic imine (C=N–C) groups is 1. The summed E-state index contributed by atoms with van der Waals surface area (Å²) in [5, 5.41) is 0. The summed E-state index contributed by atoms with van der Waals surface area (Å²) in [5.41, 5.74) is 3.53. The SMILES string of the molecule is CC(C)CN(C)C(=Nc1ccccc1)NN. The Bertz CT molecular complexity index is 332. The maximum atomic E-state index is 5.47. The highest BCUT2D eigenvalue weighted by atomic mass is 15.4. The summed E-state index contributed by atoms with van der Waals surface area (Å²) in [6.07, 6.45) is 0. The van der Waals surface area contributed by atoms with Crippen LogP contribution in [0.3, 0.4) is 0 Å². The molecule has 0 saturated heterocycles. The first-order valence-electron chi connectivity index (χ1n) is 5.45. The number of nitrogens with zero attached hydrogens (tertiary/aromatic N) is 2. The molecule has 1 rings (SSSR count). The normalized spacial score (nSPS) is 11.7. The van der Waals surface area contributed by atoms with Crippen molar-refractivity contribution >= 4 is 11.6 Å². The lowest BCUT2D eigenvalue weighted by molar-refractivity contribution is 0.413. The Morgan fingerprint density at radius 1 is 1.38 bits per heavy atom. The first-order chi connectivity index (χ1) is 7.63. The predicted molar refractivity (Wildman–Crippen MR) is 68.3 cm³/mol. The largest absolute Gasteiger partial charge is 0.344 e. The van der Waals surface area contributed by atoms with Gasteiger partial charge >= 0.3 is 0 Å². The number of hydrogen-bond donors (Lipinski definition) is 2. The predicted octanol–water partition coefficient (Wildman–Crippen LogP) is 1.73. The molecule has 16 heavy (non-hydrogen) atoms. The zero-order valence-electron chi connectivity index (χ0n) is 10.1. The summed E-state index contributed by atoms with van der Waals surface area (Å²) in [6, 6.07) is 9.76. The second-order valence-electron chi connectivity index (χ2n) is 4.19. The number of hydrogen-bond acceptors (Lipinski definition) is 2. The van der Waals surface area contributed by atoms with Gasteiger partial charge < -0.3 is 4.90 Å². The van der Waals surface area contributed by atoms with Crippen LogP contribution in [0, 0.1) is 5.92 Å². The zero-order chi connectivity index (χ0) is 12.0. The number of rotatable bonds is 3. The maximum absolute atomic E-state index is 5.47. The van der Waals surface area contributed by atoms with Gasteiger partial charge in [-0.05, 0) is 18.1 Å². The Kier molecular flexibility index (Phi) is 4.79. The highest BCUT2D eigenvalue weighted by Crippen LogP contribution is 2.10. The molecule has 0 radical (unpaired) electrons. The van der Waals surface area contributed by atoms with Gasteiger partial charge in [-0.25, -0.2) is 10.8 Å². The van der Waals surface area contributed by atoms with E-state index in [1.54, 1.807) is 0 Å². The number of guanidine groups is 1. The molecule has 0 unspecified atom stereocenters. The summed E-state index contributed by atoms with van der Waals surface area (Å²) in [7, 11) is 1.97. The third-order valence-corrected chi connectivity index (χ3v) is 2.12. The molecule has 0 fully saturated rings. The lowest BCUT2D eigenvalue weighted by Gasteiger charge is -2.22. The molecule has 4 heteroatoms. The molecule has 0 aromatic heterocycles. The highest BCUT2D eigenvalue weighted by molar-refractivity contribution is 5.81. The fraction of sp³-hybridized carbons (Fsp3) is 0.417. The first-order valence-corrected chi connectivity index (χ1v) is 5.45. The van der Waals surface area contributed by atoms with Crippen molar-refractivity contribution in [3.05, 3.63) is 30.3 Å². The minimum Gasteiger partial charge on any atom is -0.344 e. The van der Waals surface area contributed by atoms with E-state index < -0.39 is 0 Å². The first kappa shape index (κ1) is 12.5. The van der Waals surface area contributed by atoms with Crippen molar-refractivity contribution in [2.75, 3.05) is 13.6 Å². The Labute approximate surface area is 97.1 Å². The summed E-state index contributed by atoms with van der Waals surface area (Å²) in [4.78, 5) is 6.45.